The Labute approximate surface area is 97.5 Å². The number of nitrogens with one attached hydrogen (secondary N) is 1. The van der Waals surface area contributed by atoms with Crippen LogP contribution in [0.4, 0.5) is 0 Å². The molecule has 3 heteroatoms. The summed E-state index contributed by atoms with van der Waals surface area (Å²) in [5.41, 5.74) is 2.57. The van der Waals surface area contributed by atoms with Gasteiger partial charge in [-0.2, -0.15) is 5.10 Å². The maximum atomic E-state index is 4.63. The van der Waals surface area contributed by atoms with Crippen LogP contribution in [-0.2, 0) is 0 Å². The first-order valence-corrected chi connectivity index (χ1v) is 6.28. The summed E-state index contributed by atoms with van der Waals surface area (Å²) in [6.45, 7) is 6.57. The molecule has 1 N–H and O–H groups in total. The Balaban J connectivity index is 2.09. The summed E-state index contributed by atoms with van der Waals surface area (Å²) in [7, 11) is 0. The van der Waals surface area contributed by atoms with Gasteiger partial charge >= 0.3 is 0 Å². The highest BCUT2D eigenvalue weighted by Crippen LogP contribution is 2.16. The van der Waals surface area contributed by atoms with Gasteiger partial charge in [0.25, 0.3) is 0 Å². The molecule has 0 amide bonds. The summed E-state index contributed by atoms with van der Waals surface area (Å²) in [4.78, 5) is 0. The highest BCUT2D eigenvalue weighted by molar-refractivity contribution is 5.49. The fraction of sp³-hybridized carbons (Fsp3) is 0.615. The van der Waals surface area contributed by atoms with Crippen LogP contribution in [0.2, 0.25) is 0 Å². The molecule has 1 aromatic rings. The Morgan fingerprint density at radius 1 is 1.50 bits per heavy atom. The Bertz CT molecular complexity index is 353. The molecule has 0 saturated carbocycles. The Kier molecular flexibility index (Phi) is 3.78. The minimum absolute atomic E-state index is 0.550. The van der Waals surface area contributed by atoms with Crippen LogP contribution in [-0.4, -0.2) is 22.9 Å². The molecule has 0 aliphatic carbocycles. The largest absolute Gasteiger partial charge is 0.313 e. The number of rotatable bonds is 4. The van der Waals surface area contributed by atoms with Crippen molar-refractivity contribution in [2.24, 2.45) is 0 Å². The highest BCUT2D eigenvalue weighted by atomic mass is 15.3. The molecule has 0 spiro atoms. The van der Waals surface area contributed by atoms with E-state index >= 15 is 0 Å². The lowest BCUT2D eigenvalue weighted by Gasteiger charge is -2.12. The second kappa shape index (κ2) is 5.30. The fourth-order valence-corrected chi connectivity index (χ4v) is 2.21. The van der Waals surface area contributed by atoms with Crippen LogP contribution >= 0.6 is 0 Å². The summed E-state index contributed by atoms with van der Waals surface area (Å²) in [6, 6.07) is 2.66. The van der Waals surface area contributed by atoms with Crippen LogP contribution in [0.15, 0.2) is 17.8 Å². The van der Waals surface area contributed by atoms with E-state index in [1.165, 1.54) is 5.57 Å². The lowest BCUT2D eigenvalue weighted by atomic mass is 10.2. The van der Waals surface area contributed by atoms with Crippen molar-refractivity contribution >= 4 is 6.08 Å². The van der Waals surface area contributed by atoms with Crippen LogP contribution in [0.1, 0.15) is 44.8 Å². The molecule has 88 valence electrons. The van der Waals surface area contributed by atoms with Crippen molar-refractivity contribution in [1.82, 2.24) is 15.1 Å². The molecular formula is C13H21N3. The third-order valence-electron chi connectivity index (χ3n) is 3.27. The minimum Gasteiger partial charge on any atom is -0.313 e. The van der Waals surface area contributed by atoms with E-state index in [1.54, 1.807) is 0 Å². The molecule has 0 bridgehead atoms. The van der Waals surface area contributed by atoms with Gasteiger partial charge in [0.2, 0.25) is 0 Å². The molecule has 0 unspecified atom stereocenters. The van der Waals surface area contributed by atoms with Gasteiger partial charge in [0.15, 0.2) is 0 Å². The Morgan fingerprint density at radius 2 is 2.31 bits per heavy atom. The van der Waals surface area contributed by atoms with Gasteiger partial charge in [-0.1, -0.05) is 19.4 Å². The zero-order chi connectivity index (χ0) is 11.4. The molecule has 1 saturated heterocycles. The topological polar surface area (TPSA) is 29.9 Å². The van der Waals surface area contributed by atoms with Crippen LogP contribution in [0, 0.1) is 0 Å². The fourth-order valence-electron chi connectivity index (χ4n) is 2.21. The second-order valence-corrected chi connectivity index (χ2v) is 4.42. The maximum absolute atomic E-state index is 4.63. The molecule has 2 rings (SSSR count). The summed E-state index contributed by atoms with van der Waals surface area (Å²) >= 11 is 0. The molecular weight excluding hydrogens is 198 g/mol. The number of aromatic nitrogens is 2. The zero-order valence-corrected chi connectivity index (χ0v) is 10.2. The predicted molar refractivity (Wildman–Crippen MR) is 67.3 cm³/mol. The highest BCUT2D eigenvalue weighted by Gasteiger charge is 2.09. The lowest BCUT2D eigenvalue weighted by molar-refractivity contribution is 0.428. The Morgan fingerprint density at radius 3 is 2.94 bits per heavy atom. The van der Waals surface area contributed by atoms with Crippen LogP contribution < -0.4 is 5.32 Å². The smallest absolute Gasteiger partial charge is 0.0851 e. The van der Waals surface area contributed by atoms with Crippen molar-refractivity contribution in [3.63, 3.8) is 0 Å². The van der Waals surface area contributed by atoms with Crippen molar-refractivity contribution in [3.8, 4) is 0 Å². The predicted octanol–water partition coefficient (Wildman–Crippen LogP) is 2.62. The molecule has 1 fully saturated rings. The molecule has 16 heavy (non-hydrogen) atoms. The molecule has 1 aromatic heterocycles. The zero-order valence-electron chi connectivity index (χ0n) is 10.2. The first-order valence-electron chi connectivity index (χ1n) is 6.28. The van der Waals surface area contributed by atoms with Crippen molar-refractivity contribution in [3.05, 3.63) is 23.5 Å². The van der Waals surface area contributed by atoms with Gasteiger partial charge in [-0.25, -0.2) is 0 Å². The van der Waals surface area contributed by atoms with Gasteiger partial charge in [0.1, 0.15) is 0 Å². The quantitative estimate of drug-likeness (QED) is 0.843. The van der Waals surface area contributed by atoms with Crippen molar-refractivity contribution in [2.45, 2.75) is 39.2 Å². The first kappa shape index (κ1) is 11.4. The van der Waals surface area contributed by atoms with Crippen molar-refractivity contribution in [1.29, 1.82) is 0 Å². The molecule has 0 atom stereocenters. The van der Waals surface area contributed by atoms with E-state index in [0.29, 0.717) is 6.04 Å². The number of nitrogens with zero attached hydrogens (tertiary/aromatic N) is 2. The minimum atomic E-state index is 0.550. The van der Waals surface area contributed by atoms with Crippen molar-refractivity contribution < 1.29 is 0 Å². The molecule has 3 nitrogen and oxygen atoms in total. The Hall–Kier alpha value is -1.09. The van der Waals surface area contributed by atoms with Crippen LogP contribution in [0.25, 0.3) is 6.08 Å². The maximum Gasteiger partial charge on any atom is 0.0851 e. The molecule has 0 aromatic carbocycles. The van der Waals surface area contributed by atoms with Crippen LogP contribution in [0.5, 0.6) is 0 Å². The van der Waals surface area contributed by atoms with E-state index in [2.05, 4.69) is 47.3 Å². The normalized spacial score (nSPS) is 18.8. The average Bonchev–Trinajstić information content (AvgIpc) is 2.93. The summed E-state index contributed by atoms with van der Waals surface area (Å²) in [5.74, 6) is 0. The monoisotopic (exact) mass is 219 g/mol. The third kappa shape index (κ3) is 2.53. The van der Waals surface area contributed by atoms with E-state index in [4.69, 9.17) is 0 Å². The van der Waals surface area contributed by atoms with E-state index < -0.39 is 0 Å². The molecule has 2 heterocycles. The van der Waals surface area contributed by atoms with E-state index in [0.717, 1.165) is 38.0 Å². The van der Waals surface area contributed by atoms with E-state index in [-0.39, 0.29) is 0 Å². The molecule has 1 aliphatic rings. The number of hydrogen-bond donors (Lipinski definition) is 1. The van der Waals surface area contributed by atoms with Gasteiger partial charge in [-0.05, 0) is 37.9 Å². The first-order chi connectivity index (χ1) is 7.83. The van der Waals surface area contributed by atoms with Gasteiger partial charge in [-0.15, -0.1) is 0 Å². The summed E-state index contributed by atoms with van der Waals surface area (Å²) in [5, 5.41) is 7.97. The summed E-state index contributed by atoms with van der Waals surface area (Å²) < 4.78 is 2.11. The van der Waals surface area contributed by atoms with Crippen molar-refractivity contribution in [2.75, 3.05) is 13.1 Å². The standard InChI is InChI=1S/C13H21N3/c1-3-13(4-2)16-8-6-12(15-16)9-11-5-7-14-10-11/h6,8-9,13-14H,3-5,7,10H2,1-2H3. The third-order valence-corrected chi connectivity index (χ3v) is 3.27. The number of hydrogen-bond acceptors (Lipinski definition) is 2. The average molecular weight is 219 g/mol. The lowest BCUT2D eigenvalue weighted by Crippen LogP contribution is -2.07. The summed E-state index contributed by atoms with van der Waals surface area (Å²) in [6.07, 6.45) is 7.79. The van der Waals surface area contributed by atoms with E-state index in [9.17, 15) is 0 Å². The van der Waals surface area contributed by atoms with E-state index in [1.807, 2.05) is 0 Å². The second-order valence-electron chi connectivity index (χ2n) is 4.42. The van der Waals surface area contributed by atoms with Gasteiger partial charge in [0.05, 0.1) is 11.7 Å². The SMILES string of the molecule is CCC(CC)n1ccc(C=C2CCNC2)n1. The van der Waals surface area contributed by atoms with Gasteiger partial charge < -0.3 is 5.32 Å². The molecule has 0 radical (unpaired) electrons. The molecule has 1 aliphatic heterocycles. The van der Waals surface area contributed by atoms with Crippen LogP contribution in [0.3, 0.4) is 0 Å². The van der Waals surface area contributed by atoms with Gasteiger partial charge in [-0.3, -0.25) is 4.68 Å². The van der Waals surface area contributed by atoms with Gasteiger partial charge in [0, 0.05) is 12.7 Å².